The van der Waals surface area contributed by atoms with Crippen molar-refractivity contribution in [2.45, 2.75) is 25.1 Å². The standard InChI is InChI=1S/C20H18BrF2N3O/c21-16-7-8-17(22)15(11-16)12-26-10-4-9-20(23,13-26)19-24-18(25-27-19)14-5-2-1-3-6-14/h1-3,5-8,11H,4,9-10,12-13H2. The van der Waals surface area contributed by atoms with Gasteiger partial charge in [0.25, 0.3) is 5.89 Å². The van der Waals surface area contributed by atoms with Gasteiger partial charge in [0.05, 0.1) is 0 Å². The third-order valence-electron chi connectivity index (χ3n) is 4.76. The number of piperidine rings is 1. The van der Waals surface area contributed by atoms with E-state index in [0.717, 1.165) is 10.0 Å². The lowest BCUT2D eigenvalue weighted by Gasteiger charge is -2.35. The van der Waals surface area contributed by atoms with Crippen molar-refractivity contribution in [2.24, 2.45) is 0 Å². The predicted molar refractivity (Wildman–Crippen MR) is 101 cm³/mol. The fraction of sp³-hybridized carbons (Fsp3) is 0.300. The van der Waals surface area contributed by atoms with Crippen LogP contribution in [0.1, 0.15) is 24.3 Å². The summed E-state index contributed by atoms with van der Waals surface area (Å²) in [7, 11) is 0. The van der Waals surface area contributed by atoms with Crippen molar-refractivity contribution in [1.82, 2.24) is 15.0 Å². The molecule has 2 aromatic carbocycles. The monoisotopic (exact) mass is 433 g/mol. The van der Waals surface area contributed by atoms with E-state index < -0.39 is 5.67 Å². The average Bonchev–Trinajstić information content (AvgIpc) is 3.17. The minimum absolute atomic E-state index is 0.0132. The number of aromatic nitrogens is 2. The summed E-state index contributed by atoms with van der Waals surface area (Å²) in [5, 5.41) is 3.93. The van der Waals surface area contributed by atoms with Gasteiger partial charge in [0.2, 0.25) is 11.5 Å². The highest BCUT2D eigenvalue weighted by atomic mass is 79.9. The number of hydrogen-bond donors (Lipinski definition) is 0. The molecule has 0 saturated carbocycles. The third kappa shape index (κ3) is 3.94. The molecule has 0 bridgehead atoms. The summed E-state index contributed by atoms with van der Waals surface area (Å²) < 4.78 is 35.7. The van der Waals surface area contributed by atoms with Crippen molar-refractivity contribution in [1.29, 1.82) is 0 Å². The van der Waals surface area contributed by atoms with Crippen molar-refractivity contribution in [3.05, 3.63) is 70.3 Å². The Morgan fingerprint density at radius 3 is 2.81 bits per heavy atom. The summed E-state index contributed by atoms with van der Waals surface area (Å²) in [5.74, 6) is 0.0657. The zero-order valence-electron chi connectivity index (χ0n) is 14.5. The van der Waals surface area contributed by atoms with Crippen LogP contribution >= 0.6 is 15.9 Å². The number of rotatable bonds is 4. The fourth-order valence-corrected chi connectivity index (χ4v) is 3.83. The van der Waals surface area contributed by atoms with Crippen molar-refractivity contribution in [3.63, 3.8) is 0 Å². The quantitative estimate of drug-likeness (QED) is 0.573. The van der Waals surface area contributed by atoms with Crippen LogP contribution in [-0.4, -0.2) is 28.1 Å². The average molecular weight is 434 g/mol. The van der Waals surface area contributed by atoms with E-state index in [9.17, 15) is 4.39 Å². The van der Waals surface area contributed by atoms with Crippen LogP contribution in [0.2, 0.25) is 0 Å². The summed E-state index contributed by atoms with van der Waals surface area (Å²) in [4.78, 5) is 6.18. The molecule has 27 heavy (non-hydrogen) atoms. The second-order valence-corrected chi connectivity index (χ2v) is 7.72. The van der Waals surface area contributed by atoms with Gasteiger partial charge in [-0.25, -0.2) is 8.78 Å². The Morgan fingerprint density at radius 1 is 1.19 bits per heavy atom. The number of hydrogen-bond acceptors (Lipinski definition) is 4. The maximum absolute atomic E-state index is 15.6. The van der Waals surface area contributed by atoms with Crippen molar-refractivity contribution >= 4 is 15.9 Å². The largest absolute Gasteiger partial charge is 0.335 e. The van der Waals surface area contributed by atoms with Gasteiger partial charge >= 0.3 is 0 Å². The zero-order chi connectivity index (χ0) is 18.9. The van der Waals surface area contributed by atoms with E-state index in [1.807, 2.05) is 35.2 Å². The molecule has 2 heterocycles. The van der Waals surface area contributed by atoms with E-state index in [0.29, 0.717) is 37.3 Å². The summed E-state index contributed by atoms with van der Waals surface area (Å²) in [5.41, 5.74) is -0.426. The summed E-state index contributed by atoms with van der Waals surface area (Å²) in [6.07, 6.45) is 0.941. The zero-order valence-corrected chi connectivity index (χ0v) is 16.1. The van der Waals surface area contributed by atoms with Crippen molar-refractivity contribution in [3.8, 4) is 11.4 Å². The minimum atomic E-state index is -1.74. The SMILES string of the molecule is Fc1ccc(Br)cc1CN1CCCC(F)(c2nc(-c3ccccc3)no2)C1. The van der Waals surface area contributed by atoms with Gasteiger partial charge in [-0.1, -0.05) is 51.4 Å². The van der Waals surface area contributed by atoms with Crippen LogP contribution in [0.5, 0.6) is 0 Å². The smallest absolute Gasteiger partial charge is 0.265 e. The number of alkyl halides is 1. The summed E-state index contributed by atoms with van der Waals surface area (Å²) in [6, 6.07) is 14.1. The molecule has 0 spiro atoms. The Labute approximate surface area is 164 Å². The van der Waals surface area contributed by atoms with E-state index in [1.165, 1.54) is 6.07 Å². The van der Waals surface area contributed by atoms with Crippen LogP contribution < -0.4 is 0 Å². The van der Waals surface area contributed by atoms with Crippen LogP contribution in [0.15, 0.2) is 57.5 Å². The van der Waals surface area contributed by atoms with Crippen LogP contribution in [0.4, 0.5) is 8.78 Å². The van der Waals surface area contributed by atoms with Gasteiger partial charge in [0.15, 0.2) is 0 Å². The number of halogens is 3. The molecule has 1 saturated heterocycles. The second kappa shape index (κ2) is 7.48. The van der Waals surface area contributed by atoms with E-state index in [2.05, 4.69) is 26.1 Å². The molecule has 4 rings (SSSR count). The summed E-state index contributed by atoms with van der Waals surface area (Å²) in [6.45, 7) is 1.11. The molecule has 3 aromatic rings. The molecule has 4 nitrogen and oxygen atoms in total. The predicted octanol–water partition coefficient (Wildman–Crippen LogP) is 5.10. The Bertz CT molecular complexity index is 934. The molecule has 0 N–H and O–H groups in total. The first-order valence-corrected chi connectivity index (χ1v) is 9.58. The third-order valence-corrected chi connectivity index (χ3v) is 5.26. The molecule has 140 valence electrons. The molecule has 1 fully saturated rings. The molecule has 7 heteroatoms. The molecular weight excluding hydrogens is 416 g/mol. The van der Waals surface area contributed by atoms with Crippen molar-refractivity contribution in [2.75, 3.05) is 13.1 Å². The minimum Gasteiger partial charge on any atom is -0.335 e. The number of nitrogens with zero attached hydrogens (tertiary/aromatic N) is 3. The van der Waals surface area contributed by atoms with Gasteiger partial charge < -0.3 is 4.52 Å². The normalized spacial score (nSPS) is 20.7. The molecule has 0 radical (unpaired) electrons. The molecule has 1 aliphatic heterocycles. The maximum atomic E-state index is 15.6. The molecule has 0 amide bonds. The van der Waals surface area contributed by atoms with Gasteiger partial charge in [0.1, 0.15) is 5.82 Å². The summed E-state index contributed by atoms with van der Waals surface area (Å²) >= 11 is 3.35. The molecule has 1 aromatic heterocycles. The number of benzene rings is 2. The maximum Gasteiger partial charge on any atom is 0.265 e. The van der Waals surface area contributed by atoms with Gasteiger partial charge in [-0.15, -0.1) is 0 Å². The Morgan fingerprint density at radius 2 is 2.00 bits per heavy atom. The molecule has 1 unspecified atom stereocenters. The lowest BCUT2D eigenvalue weighted by Crippen LogP contribution is -2.43. The molecule has 1 aliphatic rings. The molecular formula is C20H18BrF2N3O. The first-order chi connectivity index (χ1) is 13.0. The van der Waals surface area contributed by atoms with Gasteiger partial charge in [-0.2, -0.15) is 4.98 Å². The van der Waals surface area contributed by atoms with Crippen LogP contribution in [-0.2, 0) is 12.2 Å². The topological polar surface area (TPSA) is 42.2 Å². The first kappa shape index (κ1) is 18.3. The van der Waals surface area contributed by atoms with E-state index >= 15 is 4.39 Å². The molecule has 0 aliphatic carbocycles. The van der Waals surface area contributed by atoms with Gasteiger partial charge in [0, 0.05) is 28.7 Å². The lowest BCUT2D eigenvalue weighted by molar-refractivity contribution is 0.0120. The van der Waals surface area contributed by atoms with Crippen LogP contribution in [0.3, 0.4) is 0 Å². The first-order valence-electron chi connectivity index (χ1n) is 8.78. The van der Waals surface area contributed by atoms with Gasteiger partial charge in [-0.3, -0.25) is 4.90 Å². The highest BCUT2D eigenvalue weighted by Crippen LogP contribution is 2.36. The highest BCUT2D eigenvalue weighted by molar-refractivity contribution is 9.10. The van der Waals surface area contributed by atoms with E-state index in [4.69, 9.17) is 4.52 Å². The lowest BCUT2D eigenvalue weighted by atomic mass is 9.94. The Kier molecular flexibility index (Phi) is 5.06. The second-order valence-electron chi connectivity index (χ2n) is 6.80. The Balaban J connectivity index is 1.53. The Hall–Kier alpha value is -2.12. The van der Waals surface area contributed by atoms with Gasteiger partial charge in [-0.05, 0) is 37.6 Å². The van der Waals surface area contributed by atoms with Crippen LogP contribution in [0.25, 0.3) is 11.4 Å². The van der Waals surface area contributed by atoms with E-state index in [1.54, 1.807) is 12.1 Å². The van der Waals surface area contributed by atoms with E-state index in [-0.39, 0.29) is 18.3 Å². The molecule has 1 atom stereocenters. The fourth-order valence-electron chi connectivity index (χ4n) is 3.42. The van der Waals surface area contributed by atoms with Crippen LogP contribution in [0, 0.1) is 5.82 Å². The van der Waals surface area contributed by atoms with Crippen molar-refractivity contribution < 1.29 is 13.3 Å². The highest BCUT2D eigenvalue weighted by Gasteiger charge is 2.42. The number of likely N-dealkylation sites (tertiary alicyclic amines) is 1.